The van der Waals surface area contributed by atoms with E-state index in [-0.39, 0.29) is 0 Å². The second-order valence-electron chi connectivity index (χ2n) is 5.54. The number of aliphatic imine (C=N–C) groups is 1. The third-order valence-corrected chi connectivity index (χ3v) is 4.06. The number of nitrogens with one attached hydrogen (secondary N) is 1. The van der Waals surface area contributed by atoms with E-state index in [4.69, 9.17) is 10.5 Å². The molecule has 0 radical (unpaired) electrons. The number of sulfonamides is 1. The highest BCUT2D eigenvalue weighted by molar-refractivity contribution is 7.92. The first-order chi connectivity index (χ1) is 10.9. The van der Waals surface area contributed by atoms with Crippen LogP contribution >= 0.6 is 0 Å². The lowest BCUT2D eigenvalue weighted by molar-refractivity contribution is 0.321. The molecular weight excluding hydrogens is 316 g/mol. The van der Waals surface area contributed by atoms with Gasteiger partial charge in [-0.25, -0.2) is 13.4 Å². The van der Waals surface area contributed by atoms with Crippen molar-refractivity contribution in [1.29, 1.82) is 0 Å². The Morgan fingerprint density at radius 3 is 2.78 bits per heavy atom. The molecule has 1 aliphatic heterocycles. The molecule has 1 heterocycles. The third-order valence-electron chi connectivity index (χ3n) is 3.45. The summed E-state index contributed by atoms with van der Waals surface area (Å²) in [6, 6.07) is 6.80. The summed E-state index contributed by atoms with van der Waals surface area (Å²) in [7, 11) is -3.29. The number of hydrogen-bond donors (Lipinski definition) is 2. The summed E-state index contributed by atoms with van der Waals surface area (Å²) in [5, 5.41) is 0. The van der Waals surface area contributed by atoms with Crippen molar-refractivity contribution in [2.75, 3.05) is 37.2 Å². The molecule has 1 aromatic rings. The van der Waals surface area contributed by atoms with Gasteiger partial charge in [0, 0.05) is 19.2 Å². The second-order valence-corrected chi connectivity index (χ2v) is 7.29. The van der Waals surface area contributed by atoms with Gasteiger partial charge in [0.1, 0.15) is 12.4 Å². The number of hydrogen-bond acceptors (Lipinski definition) is 4. The molecule has 7 nitrogen and oxygen atoms in total. The lowest BCUT2D eigenvalue weighted by Crippen LogP contribution is -2.41. The summed E-state index contributed by atoms with van der Waals surface area (Å²) >= 11 is 0. The number of nitrogens with two attached hydrogens (primary N) is 1. The van der Waals surface area contributed by atoms with Crippen molar-refractivity contribution in [3.05, 3.63) is 24.3 Å². The first-order valence-corrected chi connectivity index (χ1v) is 9.59. The molecule has 0 saturated carbocycles. The Morgan fingerprint density at radius 1 is 1.35 bits per heavy atom. The van der Waals surface area contributed by atoms with Crippen LogP contribution in [0.25, 0.3) is 0 Å². The number of anilines is 1. The van der Waals surface area contributed by atoms with Gasteiger partial charge in [-0.1, -0.05) is 6.07 Å². The van der Waals surface area contributed by atoms with Crippen LogP contribution in [-0.4, -0.2) is 51.8 Å². The molecule has 0 spiro atoms. The maximum Gasteiger partial charge on any atom is 0.229 e. The summed E-state index contributed by atoms with van der Waals surface area (Å²) in [5.41, 5.74) is 6.44. The SMILES string of the molecule is CS(=O)(=O)Nc1cccc(OCCN=C(N)N2CCCCC2)c1. The maximum absolute atomic E-state index is 11.2. The van der Waals surface area contributed by atoms with Crippen LogP contribution in [0.1, 0.15) is 19.3 Å². The molecule has 2 rings (SSSR count). The van der Waals surface area contributed by atoms with Gasteiger partial charge in [-0.05, 0) is 31.4 Å². The molecule has 8 heteroatoms. The van der Waals surface area contributed by atoms with Gasteiger partial charge in [0.25, 0.3) is 0 Å². The summed E-state index contributed by atoms with van der Waals surface area (Å²) in [4.78, 5) is 6.43. The van der Waals surface area contributed by atoms with Crippen molar-refractivity contribution in [2.45, 2.75) is 19.3 Å². The largest absolute Gasteiger partial charge is 0.492 e. The molecule has 0 atom stereocenters. The fraction of sp³-hybridized carbons (Fsp3) is 0.533. The quantitative estimate of drug-likeness (QED) is 0.461. The molecule has 0 bridgehead atoms. The Hall–Kier alpha value is -1.96. The Kier molecular flexibility index (Phi) is 6.09. The van der Waals surface area contributed by atoms with Crippen LogP contribution in [0.4, 0.5) is 5.69 Å². The molecule has 0 amide bonds. The van der Waals surface area contributed by atoms with Crippen LogP contribution in [0.15, 0.2) is 29.3 Å². The van der Waals surface area contributed by atoms with Crippen LogP contribution in [0.2, 0.25) is 0 Å². The van der Waals surface area contributed by atoms with Gasteiger partial charge < -0.3 is 15.4 Å². The number of guanidine groups is 1. The first kappa shape index (κ1) is 17.4. The first-order valence-electron chi connectivity index (χ1n) is 7.69. The molecule has 3 N–H and O–H groups in total. The predicted octanol–water partition coefficient (Wildman–Crippen LogP) is 1.24. The Bertz CT molecular complexity index is 640. The number of ether oxygens (including phenoxy) is 1. The molecule has 0 aromatic heterocycles. The standard InChI is InChI=1S/C15H24N4O3S/c1-23(20,21)18-13-6-5-7-14(12-13)22-11-8-17-15(16)19-9-3-2-4-10-19/h5-7,12,18H,2-4,8-11H2,1H3,(H2,16,17). The van der Waals surface area contributed by atoms with Crippen molar-refractivity contribution < 1.29 is 13.2 Å². The summed E-state index contributed by atoms with van der Waals surface area (Å²) < 4.78 is 30.4. The normalized spacial score (nSPS) is 16.2. The van der Waals surface area contributed by atoms with Gasteiger partial charge in [-0.2, -0.15) is 0 Å². The lowest BCUT2D eigenvalue weighted by atomic mass is 10.1. The fourth-order valence-corrected chi connectivity index (χ4v) is 2.97. The van der Waals surface area contributed by atoms with Gasteiger partial charge in [-0.15, -0.1) is 0 Å². The van der Waals surface area contributed by atoms with Gasteiger partial charge in [0.05, 0.1) is 18.5 Å². The highest BCUT2D eigenvalue weighted by atomic mass is 32.2. The minimum Gasteiger partial charge on any atom is -0.492 e. The Labute approximate surface area is 137 Å². The summed E-state index contributed by atoms with van der Waals surface area (Å²) in [6.45, 7) is 2.79. The average molecular weight is 340 g/mol. The Balaban J connectivity index is 1.80. The molecule has 0 aliphatic carbocycles. The number of likely N-dealkylation sites (tertiary alicyclic amines) is 1. The van der Waals surface area contributed by atoms with Gasteiger partial charge in [-0.3, -0.25) is 4.72 Å². The van der Waals surface area contributed by atoms with Crippen molar-refractivity contribution >= 4 is 21.7 Å². The molecule has 1 aromatic carbocycles. The summed E-state index contributed by atoms with van der Waals surface area (Å²) in [6.07, 6.45) is 4.68. The van der Waals surface area contributed by atoms with E-state index in [1.165, 1.54) is 6.42 Å². The smallest absolute Gasteiger partial charge is 0.229 e. The van der Waals surface area contributed by atoms with Crippen molar-refractivity contribution in [2.24, 2.45) is 10.7 Å². The monoisotopic (exact) mass is 340 g/mol. The van der Waals surface area contributed by atoms with Crippen LogP contribution < -0.4 is 15.2 Å². The van der Waals surface area contributed by atoms with E-state index in [1.807, 2.05) is 0 Å². The van der Waals surface area contributed by atoms with Crippen LogP contribution in [0.3, 0.4) is 0 Å². The van der Waals surface area contributed by atoms with E-state index in [9.17, 15) is 8.42 Å². The van der Waals surface area contributed by atoms with Crippen LogP contribution in [0, 0.1) is 0 Å². The molecule has 1 aliphatic rings. The molecule has 0 unspecified atom stereocenters. The fourth-order valence-electron chi connectivity index (χ4n) is 2.41. The van der Waals surface area contributed by atoms with Crippen molar-refractivity contribution in [3.8, 4) is 5.75 Å². The van der Waals surface area contributed by atoms with Crippen molar-refractivity contribution in [3.63, 3.8) is 0 Å². The van der Waals surface area contributed by atoms with E-state index < -0.39 is 10.0 Å². The zero-order valence-electron chi connectivity index (χ0n) is 13.4. The minimum atomic E-state index is -3.29. The van der Waals surface area contributed by atoms with Crippen molar-refractivity contribution in [1.82, 2.24) is 4.90 Å². The molecule has 1 fully saturated rings. The zero-order chi connectivity index (χ0) is 16.7. The van der Waals surface area contributed by atoms with E-state index >= 15 is 0 Å². The lowest BCUT2D eigenvalue weighted by Gasteiger charge is -2.27. The van der Waals surface area contributed by atoms with Gasteiger partial charge in [0.2, 0.25) is 10.0 Å². The number of rotatable bonds is 6. The highest BCUT2D eigenvalue weighted by Gasteiger charge is 2.11. The topological polar surface area (TPSA) is 97.0 Å². The van der Waals surface area contributed by atoms with E-state index in [0.29, 0.717) is 30.5 Å². The van der Waals surface area contributed by atoms with E-state index in [0.717, 1.165) is 32.2 Å². The number of piperidine rings is 1. The molecule has 128 valence electrons. The molecule has 1 saturated heterocycles. The second kappa shape index (κ2) is 8.05. The number of benzene rings is 1. The molecular formula is C15H24N4O3S. The number of nitrogens with zero attached hydrogens (tertiary/aromatic N) is 2. The maximum atomic E-state index is 11.2. The van der Waals surface area contributed by atoms with E-state index in [1.54, 1.807) is 24.3 Å². The summed E-state index contributed by atoms with van der Waals surface area (Å²) in [5.74, 6) is 1.16. The zero-order valence-corrected chi connectivity index (χ0v) is 14.2. The van der Waals surface area contributed by atoms with Gasteiger partial charge in [0.15, 0.2) is 5.96 Å². The average Bonchev–Trinajstić information content (AvgIpc) is 2.51. The highest BCUT2D eigenvalue weighted by Crippen LogP contribution is 2.18. The molecule has 23 heavy (non-hydrogen) atoms. The van der Waals surface area contributed by atoms with Crippen LogP contribution in [0.5, 0.6) is 5.75 Å². The third kappa shape index (κ3) is 6.35. The predicted molar refractivity (Wildman–Crippen MR) is 92.3 cm³/mol. The van der Waals surface area contributed by atoms with Crippen LogP contribution in [-0.2, 0) is 10.0 Å². The van der Waals surface area contributed by atoms with Gasteiger partial charge >= 0.3 is 0 Å². The minimum absolute atomic E-state index is 0.386. The Morgan fingerprint density at radius 2 is 2.09 bits per heavy atom. The van der Waals surface area contributed by atoms with E-state index in [2.05, 4.69) is 14.6 Å².